The van der Waals surface area contributed by atoms with E-state index in [0.29, 0.717) is 17.6 Å². The molecule has 2 heterocycles. The van der Waals surface area contributed by atoms with Crippen molar-refractivity contribution < 1.29 is 5.11 Å². The van der Waals surface area contributed by atoms with Crippen molar-refractivity contribution in [3.8, 4) is 0 Å². The number of aliphatic hydroxyl groups excluding tert-OH is 1. The Kier molecular flexibility index (Phi) is 2.41. The van der Waals surface area contributed by atoms with Crippen molar-refractivity contribution >= 4 is 28.7 Å². The fourth-order valence-electron chi connectivity index (χ4n) is 2.35. The molecule has 0 unspecified atom stereocenters. The van der Waals surface area contributed by atoms with Gasteiger partial charge in [-0.15, -0.1) is 0 Å². The monoisotopic (exact) mass is 253 g/mol. The third-order valence-corrected chi connectivity index (χ3v) is 3.43. The molecule has 7 heteroatoms. The number of halogens is 1. The van der Waals surface area contributed by atoms with E-state index >= 15 is 0 Å². The first-order chi connectivity index (χ1) is 8.15. The summed E-state index contributed by atoms with van der Waals surface area (Å²) < 4.78 is 1.93. The zero-order valence-electron chi connectivity index (χ0n) is 9.04. The fraction of sp³-hybridized carbons (Fsp3) is 0.500. The fourth-order valence-corrected chi connectivity index (χ4v) is 2.57. The highest BCUT2D eigenvalue weighted by Crippen LogP contribution is 2.32. The van der Waals surface area contributed by atoms with Crippen molar-refractivity contribution in [3.05, 3.63) is 11.5 Å². The summed E-state index contributed by atoms with van der Waals surface area (Å²) in [6.45, 7) is 0. The molecular formula is C10H12ClN5O. The van der Waals surface area contributed by atoms with Gasteiger partial charge in [-0.2, -0.15) is 9.97 Å². The number of fused-ring (bicyclic) bond motifs is 1. The molecule has 6 nitrogen and oxygen atoms in total. The molecule has 1 aliphatic rings. The highest BCUT2D eigenvalue weighted by Gasteiger charge is 2.26. The number of hydrogen-bond acceptors (Lipinski definition) is 5. The summed E-state index contributed by atoms with van der Waals surface area (Å²) in [6, 6.07) is 0.209. The molecule has 0 aliphatic heterocycles. The van der Waals surface area contributed by atoms with Crippen LogP contribution in [0.4, 0.5) is 5.95 Å². The molecule has 17 heavy (non-hydrogen) atoms. The van der Waals surface area contributed by atoms with Crippen molar-refractivity contribution in [2.75, 3.05) is 5.73 Å². The molecule has 1 fully saturated rings. The van der Waals surface area contributed by atoms with Gasteiger partial charge in [-0.25, -0.2) is 4.98 Å². The second-order valence-electron chi connectivity index (χ2n) is 4.32. The van der Waals surface area contributed by atoms with Gasteiger partial charge in [-0.3, -0.25) is 0 Å². The Balaban J connectivity index is 2.11. The highest BCUT2D eigenvalue weighted by molar-refractivity contribution is 6.33. The van der Waals surface area contributed by atoms with Crippen LogP contribution < -0.4 is 5.73 Å². The van der Waals surface area contributed by atoms with Crippen molar-refractivity contribution in [1.82, 2.24) is 19.5 Å². The van der Waals surface area contributed by atoms with Gasteiger partial charge in [0.25, 0.3) is 0 Å². The normalized spacial score (nSPS) is 24.6. The first kappa shape index (κ1) is 10.7. The van der Waals surface area contributed by atoms with Gasteiger partial charge in [0.05, 0.1) is 12.4 Å². The Morgan fingerprint density at radius 3 is 2.94 bits per heavy atom. The van der Waals surface area contributed by atoms with E-state index in [4.69, 9.17) is 17.3 Å². The molecule has 3 N–H and O–H groups in total. The number of imidazole rings is 1. The minimum absolute atomic E-state index is 0.141. The maximum atomic E-state index is 9.56. The molecule has 0 saturated heterocycles. The number of anilines is 1. The standard InChI is InChI=1S/C10H12ClN5O/c11-8-7-9(15-10(12)14-8)16(4-13-7)5-1-2-6(17)3-5/h4-6,17H,1-3H2,(H2,12,14,15)/t5-,6-/m0/s1. The van der Waals surface area contributed by atoms with E-state index in [1.165, 1.54) is 0 Å². The summed E-state index contributed by atoms with van der Waals surface area (Å²) in [5.74, 6) is 0.141. The lowest BCUT2D eigenvalue weighted by atomic mass is 10.2. The van der Waals surface area contributed by atoms with E-state index in [-0.39, 0.29) is 23.2 Å². The predicted molar refractivity (Wildman–Crippen MR) is 63.6 cm³/mol. The van der Waals surface area contributed by atoms with Crippen molar-refractivity contribution in [3.63, 3.8) is 0 Å². The van der Waals surface area contributed by atoms with Crippen LogP contribution in [0.2, 0.25) is 5.15 Å². The minimum atomic E-state index is -0.243. The second-order valence-corrected chi connectivity index (χ2v) is 4.68. The molecule has 0 radical (unpaired) electrons. The summed E-state index contributed by atoms with van der Waals surface area (Å²) in [4.78, 5) is 12.2. The highest BCUT2D eigenvalue weighted by atomic mass is 35.5. The Labute approximate surface area is 102 Å². The van der Waals surface area contributed by atoms with E-state index < -0.39 is 0 Å². The third-order valence-electron chi connectivity index (χ3n) is 3.17. The zero-order valence-corrected chi connectivity index (χ0v) is 9.80. The molecule has 2 aromatic rings. The second kappa shape index (κ2) is 3.82. The predicted octanol–water partition coefficient (Wildman–Crippen LogP) is 1.15. The Morgan fingerprint density at radius 2 is 2.24 bits per heavy atom. The third kappa shape index (κ3) is 1.73. The van der Waals surface area contributed by atoms with Crippen LogP contribution in [0, 0.1) is 0 Å². The van der Waals surface area contributed by atoms with Crippen LogP contribution in [0.3, 0.4) is 0 Å². The van der Waals surface area contributed by atoms with Crippen LogP contribution in [0.25, 0.3) is 11.2 Å². The number of aliphatic hydroxyl groups is 1. The minimum Gasteiger partial charge on any atom is -0.393 e. The summed E-state index contributed by atoms with van der Waals surface area (Å²) in [6.07, 6.45) is 3.87. The molecule has 1 saturated carbocycles. The van der Waals surface area contributed by atoms with Gasteiger partial charge < -0.3 is 15.4 Å². The van der Waals surface area contributed by atoms with Crippen LogP contribution in [-0.4, -0.2) is 30.7 Å². The lowest BCUT2D eigenvalue weighted by molar-refractivity contribution is 0.178. The van der Waals surface area contributed by atoms with Crippen LogP contribution in [0.15, 0.2) is 6.33 Å². The Bertz CT molecular complexity index is 569. The average molecular weight is 254 g/mol. The Hall–Kier alpha value is -1.40. The largest absolute Gasteiger partial charge is 0.393 e. The van der Waals surface area contributed by atoms with Gasteiger partial charge in [0.1, 0.15) is 5.52 Å². The molecule has 0 amide bonds. The molecule has 3 rings (SSSR count). The molecule has 0 aromatic carbocycles. The van der Waals surface area contributed by atoms with Crippen molar-refractivity contribution in [2.45, 2.75) is 31.4 Å². The number of hydrogen-bond donors (Lipinski definition) is 2. The molecular weight excluding hydrogens is 242 g/mol. The number of aromatic nitrogens is 4. The van der Waals surface area contributed by atoms with Gasteiger partial charge in [-0.05, 0) is 19.3 Å². The van der Waals surface area contributed by atoms with Crippen LogP contribution >= 0.6 is 11.6 Å². The quantitative estimate of drug-likeness (QED) is 0.744. The molecule has 2 atom stereocenters. The molecule has 0 bridgehead atoms. The van der Waals surface area contributed by atoms with E-state index in [0.717, 1.165) is 12.8 Å². The van der Waals surface area contributed by atoms with Crippen LogP contribution in [0.1, 0.15) is 25.3 Å². The smallest absolute Gasteiger partial charge is 0.223 e. The van der Waals surface area contributed by atoms with E-state index in [2.05, 4.69) is 15.0 Å². The first-order valence-corrected chi connectivity index (χ1v) is 5.86. The maximum Gasteiger partial charge on any atom is 0.223 e. The topological polar surface area (TPSA) is 89.8 Å². The zero-order chi connectivity index (χ0) is 12.0. The summed E-state index contributed by atoms with van der Waals surface area (Å²) >= 11 is 5.95. The maximum absolute atomic E-state index is 9.56. The molecule has 1 aliphatic carbocycles. The van der Waals surface area contributed by atoms with Gasteiger partial charge in [0.15, 0.2) is 10.8 Å². The summed E-state index contributed by atoms with van der Waals surface area (Å²) in [5, 5.41) is 9.83. The number of nitrogen functional groups attached to an aromatic ring is 1. The average Bonchev–Trinajstić information content (AvgIpc) is 2.83. The van der Waals surface area contributed by atoms with Crippen molar-refractivity contribution in [2.24, 2.45) is 0 Å². The number of nitrogens with two attached hydrogens (primary N) is 1. The summed E-state index contributed by atoms with van der Waals surface area (Å²) in [5.41, 5.74) is 6.78. The van der Waals surface area contributed by atoms with E-state index in [9.17, 15) is 5.11 Å². The SMILES string of the molecule is Nc1nc(Cl)c2ncn([C@H]3CC[C@H](O)C3)c2n1. The Morgan fingerprint density at radius 1 is 1.41 bits per heavy atom. The van der Waals surface area contributed by atoms with Gasteiger partial charge in [-0.1, -0.05) is 11.6 Å². The number of nitrogens with zero attached hydrogens (tertiary/aromatic N) is 4. The van der Waals surface area contributed by atoms with Crippen molar-refractivity contribution in [1.29, 1.82) is 0 Å². The van der Waals surface area contributed by atoms with Crippen LogP contribution in [-0.2, 0) is 0 Å². The van der Waals surface area contributed by atoms with Crippen LogP contribution in [0.5, 0.6) is 0 Å². The molecule has 0 spiro atoms. The lowest BCUT2D eigenvalue weighted by Gasteiger charge is -2.11. The van der Waals surface area contributed by atoms with Gasteiger partial charge >= 0.3 is 0 Å². The first-order valence-electron chi connectivity index (χ1n) is 5.49. The molecule has 90 valence electrons. The van der Waals surface area contributed by atoms with E-state index in [1.54, 1.807) is 6.33 Å². The van der Waals surface area contributed by atoms with Gasteiger partial charge in [0.2, 0.25) is 5.95 Å². The van der Waals surface area contributed by atoms with Gasteiger partial charge in [0, 0.05) is 6.04 Å². The summed E-state index contributed by atoms with van der Waals surface area (Å²) in [7, 11) is 0. The van der Waals surface area contributed by atoms with E-state index in [1.807, 2.05) is 4.57 Å². The lowest BCUT2D eigenvalue weighted by Crippen LogP contribution is -2.07. The molecule has 2 aromatic heterocycles. The number of rotatable bonds is 1.